The smallest absolute Gasteiger partial charge is 0.248 e. The Kier molecular flexibility index (Phi) is 8.68. The van der Waals surface area contributed by atoms with Crippen molar-refractivity contribution < 1.29 is 13.3 Å². The standard InChI is InChI=1S/C21H32F2N4OS/c1-20(2,3)29(28)27-18(15-24)11-13-21(22,23)12-5-4-8-17-10-9-16-7-6-14-25-19(16)26-17/h9-10,18,27H,4-8,11-14H2,1-3H3,(H,25,26). The highest BCUT2D eigenvalue weighted by Crippen LogP contribution is 2.28. The third-order valence-corrected chi connectivity index (χ3v) is 6.55. The zero-order valence-corrected chi connectivity index (χ0v) is 18.4. The van der Waals surface area contributed by atoms with Gasteiger partial charge in [0.05, 0.1) is 6.07 Å². The van der Waals surface area contributed by atoms with E-state index < -0.39 is 28.1 Å². The van der Waals surface area contributed by atoms with Crippen LogP contribution in [0.1, 0.15) is 70.6 Å². The third kappa shape index (κ3) is 8.07. The van der Waals surface area contributed by atoms with Gasteiger partial charge in [0.25, 0.3) is 0 Å². The first-order valence-corrected chi connectivity index (χ1v) is 11.4. The number of alkyl halides is 2. The predicted octanol–water partition coefficient (Wildman–Crippen LogP) is 4.51. The molecule has 8 heteroatoms. The fourth-order valence-corrected chi connectivity index (χ4v) is 3.92. The second-order valence-corrected chi connectivity index (χ2v) is 10.6. The van der Waals surface area contributed by atoms with Crippen molar-refractivity contribution in [1.82, 2.24) is 9.71 Å². The maximum Gasteiger partial charge on any atom is 0.248 e. The molecular formula is C21H32F2N4OS. The van der Waals surface area contributed by atoms with E-state index in [1.165, 1.54) is 5.56 Å². The highest BCUT2D eigenvalue weighted by Gasteiger charge is 2.33. The summed E-state index contributed by atoms with van der Waals surface area (Å²) in [6.07, 6.45) is 3.24. The molecule has 1 aromatic heterocycles. The number of nitrogens with one attached hydrogen (secondary N) is 2. The van der Waals surface area contributed by atoms with Crippen LogP contribution in [0.5, 0.6) is 0 Å². The number of unbranched alkanes of at least 4 members (excludes halogenated alkanes) is 1. The molecular weight excluding hydrogens is 394 g/mol. The molecule has 2 heterocycles. The van der Waals surface area contributed by atoms with Crippen LogP contribution >= 0.6 is 0 Å². The van der Waals surface area contributed by atoms with Gasteiger partial charge in [0.15, 0.2) is 0 Å². The molecule has 0 aromatic carbocycles. The van der Waals surface area contributed by atoms with E-state index >= 15 is 0 Å². The fourth-order valence-electron chi connectivity index (χ4n) is 3.13. The maximum atomic E-state index is 14.2. The summed E-state index contributed by atoms with van der Waals surface area (Å²) >= 11 is -1.45. The summed E-state index contributed by atoms with van der Waals surface area (Å²) in [7, 11) is 0. The van der Waals surface area contributed by atoms with E-state index in [4.69, 9.17) is 5.26 Å². The Morgan fingerprint density at radius 2 is 2.07 bits per heavy atom. The summed E-state index contributed by atoms with van der Waals surface area (Å²) < 4.78 is 42.6. The van der Waals surface area contributed by atoms with E-state index in [1.807, 2.05) is 12.1 Å². The second kappa shape index (κ2) is 10.6. The molecule has 5 nitrogen and oxygen atoms in total. The molecule has 2 atom stereocenters. The van der Waals surface area contributed by atoms with Crippen LogP contribution < -0.4 is 10.0 Å². The van der Waals surface area contributed by atoms with Gasteiger partial charge in [-0.25, -0.2) is 13.8 Å². The first-order chi connectivity index (χ1) is 13.6. The molecule has 1 aliphatic rings. The van der Waals surface area contributed by atoms with Gasteiger partial charge in [-0.05, 0) is 70.9 Å². The summed E-state index contributed by atoms with van der Waals surface area (Å²) in [4.78, 5) is 4.59. The van der Waals surface area contributed by atoms with E-state index in [9.17, 15) is 13.3 Å². The monoisotopic (exact) mass is 426 g/mol. The van der Waals surface area contributed by atoms with E-state index in [2.05, 4.69) is 21.1 Å². The Balaban J connectivity index is 1.71. The van der Waals surface area contributed by atoms with Crippen LogP contribution in [0.4, 0.5) is 14.6 Å². The molecule has 0 radical (unpaired) electrons. The number of hydrogen-bond acceptors (Lipinski definition) is 5. The fraction of sp³-hybridized carbons (Fsp3) is 0.714. The number of rotatable bonds is 10. The van der Waals surface area contributed by atoms with Crippen LogP contribution in [-0.4, -0.2) is 32.8 Å². The molecule has 29 heavy (non-hydrogen) atoms. The average molecular weight is 427 g/mol. The molecule has 0 bridgehead atoms. The molecule has 0 saturated carbocycles. The van der Waals surface area contributed by atoms with Crippen molar-refractivity contribution in [3.05, 3.63) is 23.4 Å². The van der Waals surface area contributed by atoms with Crippen molar-refractivity contribution >= 4 is 17.2 Å². The van der Waals surface area contributed by atoms with Crippen LogP contribution in [-0.2, 0) is 24.2 Å². The number of aromatic nitrogens is 1. The first-order valence-electron chi connectivity index (χ1n) is 10.3. The summed E-state index contributed by atoms with van der Waals surface area (Å²) in [5, 5.41) is 12.4. The maximum absolute atomic E-state index is 14.2. The summed E-state index contributed by atoms with van der Waals surface area (Å²) in [5.74, 6) is -1.90. The van der Waals surface area contributed by atoms with Crippen LogP contribution in [0.2, 0.25) is 0 Å². The molecule has 0 aliphatic carbocycles. The summed E-state index contributed by atoms with van der Waals surface area (Å²) in [6, 6.07) is 5.17. The van der Waals surface area contributed by atoms with E-state index in [0.29, 0.717) is 19.3 Å². The van der Waals surface area contributed by atoms with Gasteiger partial charge in [0, 0.05) is 36.4 Å². The van der Waals surface area contributed by atoms with Gasteiger partial charge < -0.3 is 9.87 Å². The Morgan fingerprint density at radius 3 is 2.76 bits per heavy atom. The molecule has 1 aromatic rings. The van der Waals surface area contributed by atoms with Crippen molar-refractivity contribution in [3.8, 4) is 6.07 Å². The summed E-state index contributed by atoms with van der Waals surface area (Å²) in [5.41, 5.74) is 2.15. The molecule has 2 N–H and O–H groups in total. The van der Waals surface area contributed by atoms with Crippen molar-refractivity contribution in [3.63, 3.8) is 0 Å². The van der Waals surface area contributed by atoms with Gasteiger partial charge in [0.1, 0.15) is 16.6 Å². The molecule has 0 spiro atoms. The van der Waals surface area contributed by atoms with E-state index in [0.717, 1.165) is 30.9 Å². The van der Waals surface area contributed by atoms with Crippen LogP contribution in [0, 0.1) is 11.3 Å². The van der Waals surface area contributed by atoms with Crippen molar-refractivity contribution in [1.29, 1.82) is 5.26 Å². The highest BCUT2D eigenvalue weighted by atomic mass is 32.2. The topological polar surface area (TPSA) is 83.8 Å². The molecule has 162 valence electrons. The number of aryl methyl sites for hydroxylation is 2. The number of nitriles is 1. The number of hydrogen-bond donors (Lipinski definition) is 2. The van der Waals surface area contributed by atoms with Crippen LogP contribution in [0.25, 0.3) is 0 Å². The average Bonchev–Trinajstić information content (AvgIpc) is 2.67. The van der Waals surface area contributed by atoms with Gasteiger partial charge in [0.2, 0.25) is 5.92 Å². The minimum Gasteiger partial charge on any atom is -0.598 e. The van der Waals surface area contributed by atoms with Gasteiger partial charge in [-0.2, -0.15) is 5.26 Å². The summed E-state index contributed by atoms with van der Waals surface area (Å²) in [6.45, 7) is 6.24. The number of nitrogens with zero attached hydrogens (tertiary/aromatic N) is 2. The Labute approximate surface area is 176 Å². The first kappa shape index (κ1) is 23.8. The predicted molar refractivity (Wildman–Crippen MR) is 113 cm³/mol. The zero-order valence-electron chi connectivity index (χ0n) is 17.6. The number of fused-ring (bicyclic) bond motifs is 1. The lowest BCUT2D eigenvalue weighted by Gasteiger charge is -2.26. The lowest BCUT2D eigenvalue weighted by atomic mass is 10.0. The Bertz CT molecular complexity index is 703. The minimum absolute atomic E-state index is 0.0244. The minimum atomic E-state index is -2.83. The van der Waals surface area contributed by atoms with E-state index in [-0.39, 0.29) is 19.3 Å². The Morgan fingerprint density at radius 1 is 1.31 bits per heavy atom. The second-order valence-electron chi connectivity index (χ2n) is 8.62. The zero-order chi connectivity index (χ0) is 21.5. The molecule has 0 fully saturated rings. The van der Waals surface area contributed by atoms with Gasteiger partial charge >= 0.3 is 0 Å². The van der Waals surface area contributed by atoms with E-state index in [1.54, 1.807) is 20.8 Å². The van der Waals surface area contributed by atoms with Gasteiger partial charge in [-0.1, -0.05) is 6.07 Å². The number of halogens is 2. The van der Waals surface area contributed by atoms with Gasteiger partial charge in [-0.3, -0.25) is 0 Å². The molecule has 0 amide bonds. The highest BCUT2D eigenvalue weighted by molar-refractivity contribution is 7.90. The number of pyridine rings is 1. The Hall–Kier alpha value is -1.43. The lowest BCUT2D eigenvalue weighted by Crippen LogP contribution is -2.44. The molecule has 2 rings (SSSR count). The largest absolute Gasteiger partial charge is 0.598 e. The third-order valence-electron chi connectivity index (χ3n) is 4.94. The quantitative estimate of drug-likeness (QED) is 0.425. The van der Waals surface area contributed by atoms with Gasteiger partial charge in [-0.15, -0.1) is 4.72 Å². The molecule has 1 aliphatic heterocycles. The lowest BCUT2D eigenvalue weighted by molar-refractivity contribution is -0.0208. The molecule has 0 saturated heterocycles. The SMILES string of the molecule is CC(C)(C)[S+]([O-])NC(C#N)CCC(F)(F)CCCCc1ccc2c(n1)NCCC2. The van der Waals surface area contributed by atoms with Crippen molar-refractivity contribution in [2.75, 3.05) is 11.9 Å². The normalized spacial score (nSPS) is 16.4. The van der Waals surface area contributed by atoms with Crippen LogP contribution in [0.15, 0.2) is 12.1 Å². The number of anilines is 1. The van der Waals surface area contributed by atoms with Crippen molar-refractivity contribution in [2.45, 2.75) is 88.8 Å². The molecule has 2 unspecified atom stereocenters. The van der Waals surface area contributed by atoms with Crippen molar-refractivity contribution in [2.24, 2.45) is 0 Å². The van der Waals surface area contributed by atoms with Crippen LogP contribution in [0.3, 0.4) is 0 Å².